The lowest BCUT2D eigenvalue weighted by Gasteiger charge is -2.28. The molecule has 4 rings (SSSR count). The van der Waals surface area contributed by atoms with Gasteiger partial charge in [0.15, 0.2) is 0 Å². The van der Waals surface area contributed by atoms with E-state index in [2.05, 4.69) is 17.1 Å². The van der Waals surface area contributed by atoms with Gasteiger partial charge in [0.2, 0.25) is 5.13 Å². The topological polar surface area (TPSA) is 64.0 Å². The molecule has 0 unspecified atom stereocenters. The van der Waals surface area contributed by atoms with E-state index in [1.807, 2.05) is 37.9 Å². The minimum atomic E-state index is -0.310. The molecular weight excluding hydrogens is 386 g/mol. The Hall–Kier alpha value is -2.41. The van der Waals surface area contributed by atoms with Gasteiger partial charge in [-0.15, -0.1) is 0 Å². The molecule has 1 aromatic heterocycles. The van der Waals surface area contributed by atoms with Crippen LogP contribution in [0.2, 0.25) is 0 Å². The number of nitrogens with zero attached hydrogens (tertiary/aromatic N) is 3. The molecule has 0 bridgehead atoms. The third-order valence-corrected chi connectivity index (χ3v) is 6.61. The molecule has 154 valence electrons. The van der Waals surface area contributed by atoms with Gasteiger partial charge in [0, 0.05) is 11.6 Å². The largest absolute Gasteiger partial charge is 0.494 e. The van der Waals surface area contributed by atoms with Crippen LogP contribution in [0.1, 0.15) is 66.5 Å². The molecule has 0 radical (unpaired) electrons. The third kappa shape index (κ3) is 3.88. The number of ether oxygens (including phenoxy) is 2. The molecule has 29 heavy (non-hydrogen) atoms. The molecule has 0 N–H and O–H groups in total. The predicted octanol–water partition coefficient (Wildman–Crippen LogP) is 5.13. The number of hydrazone groups is 1. The summed E-state index contributed by atoms with van der Waals surface area (Å²) in [6.45, 7) is 6.66. The van der Waals surface area contributed by atoms with E-state index in [-0.39, 0.29) is 12.0 Å². The average molecular weight is 414 g/mol. The average Bonchev–Trinajstić information content (AvgIpc) is 3.30. The number of thiazole rings is 1. The predicted molar refractivity (Wildman–Crippen MR) is 115 cm³/mol. The molecule has 1 aliphatic carbocycles. The van der Waals surface area contributed by atoms with Crippen LogP contribution in [0, 0.1) is 12.8 Å². The van der Waals surface area contributed by atoms with Crippen molar-refractivity contribution in [2.45, 2.75) is 52.5 Å². The molecule has 0 spiro atoms. The van der Waals surface area contributed by atoms with Gasteiger partial charge in [-0.3, -0.25) is 0 Å². The Morgan fingerprint density at radius 1 is 1.21 bits per heavy atom. The van der Waals surface area contributed by atoms with Crippen LogP contribution in [0.25, 0.3) is 0 Å². The molecule has 1 aromatic carbocycles. The zero-order valence-corrected chi connectivity index (χ0v) is 18.0. The minimum absolute atomic E-state index is 0.0987. The SMILES string of the molecule is CCOC(=O)c1sc(N2N=C3CCCC[C@@H]3[C@@H]2c2ccc(OCC)cc2)nc1C. The van der Waals surface area contributed by atoms with E-state index < -0.39 is 0 Å². The van der Waals surface area contributed by atoms with Crippen LogP contribution in [-0.4, -0.2) is 29.9 Å². The first-order chi connectivity index (χ1) is 14.1. The van der Waals surface area contributed by atoms with E-state index in [1.54, 1.807) is 0 Å². The van der Waals surface area contributed by atoms with Gasteiger partial charge in [-0.1, -0.05) is 29.9 Å². The molecule has 1 fully saturated rings. The fourth-order valence-electron chi connectivity index (χ4n) is 4.19. The van der Waals surface area contributed by atoms with E-state index in [9.17, 15) is 4.79 Å². The zero-order valence-electron chi connectivity index (χ0n) is 17.2. The van der Waals surface area contributed by atoms with Crippen LogP contribution in [0.5, 0.6) is 5.75 Å². The van der Waals surface area contributed by atoms with Gasteiger partial charge in [0.1, 0.15) is 10.6 Å². The van der Waals surface area contributed by atoms with E-state index in [1.165, 1.54) is 35.5 Å². The molecule has 2 aromatic rings. The number of anilines is 1. The Kier molecular flexibility index (Phi) is 5.85. The van der Waals surface area contributed by atoms with Gasteiger partial charge in [-0.2, -0.15) is 5.10 Å². The summed E-state index contributed by atoms with van der Waals surface area (Å²) in [7, 11) is 0. The van der Waals surface area contributed by atoms with Crippen LogP contribution in [0.15, 0.2) is 29.4 Å². The van der Waals surface area contributed by atoms with E-state index in [4.69, 9.17) is 14.6 Å². The first-order valence-electron chi connectivity index (χ1n) is 10.4. The van der Waals surface area contributed by atoms with Crippen molar-refractivity contribution >= 4 is 28.1 Å². The minimum Gasteiger partial charge on any atom is -0.494 e. The number of aromatic nitrogens is 1. The van der Waals surface area contributed by atoms with Crippen molar-refractivity contribution in [3.05, 3.63) is 40.4 Å². The maximum absolute atomic E-state index is 12.3. The number of fused-ring (bicyclic) bond motifs is 1. The highest BCUT2D eigenvalue weighted by molar-refractivity contribution is 7.17. The molecule has 6 nitrogen and oxygen atoms in total. The van der Waals surface area contributed by atoms with Gasteiger partial charge in [0.05, 0.1) is 24.9 Å². The number of hydrogen-bond donors (Lipinski definition) is 0. The van der Waals surface area contributed by atoms with Crippen molar-refractivity contribution in [1.29, 1.82) is 0 Å². The van der Waals surface area contributed by atoms with Gasteiger partial charge >= 0.3 is 5.97 Å². The highest BCUT2D eigenvalue weighted by Crippen LogP contribution is 2.46. The van der Waals surface area contributed by atoms with Crippen molar-refractivity contribution in [2.24, 2.45) is 11.0 Å². The fraction of sp³-hybridized carbons (Fsp3) is 0.500. The van der Waals surface area contributed by atoms with Gasteiger partial charge in [-0.25, -0.2) is 14.8 Å². The number of benzene rings is 1. The molecule has 2 heterocycles. The lowest BCUT2D eigenvalue weighted by atomic mass is 9.80. The lowest BCUT2D eigenvalue weighted by molar-refractivity contribution is 0.0531. The highest BCUT2D eigenvalue weighted by atomic mass is 32.1. The maximum Gasteiger partial charge on any atom is 0.350 e. The smallest absolute Gasteiger partial charge is 0.350 e. The Morgan fingerprint density at radius 3 is 2.72 bits per heavy atom. The summed E-state index contributed by atoms with van der Waals surface area (Å²) in [6.07, 6.45) is 4.56. The molecule has 2 aliphatic rings. The third-order valence-electron chi connectivity index (χ3n) is 5.48. The van der Waals surface area contributed by atoms with Crippen molar-refractivity contribution in [3.63, 3.8) is 0 Å². The monoisotopic (exact) mass is 413 g/mol. The van der Waals surface area contributed by atoms with Gasteiger partial charge in [-0.05, 0) is 57.7 Å². The molecule has 7 heteroatoms. The quantitative estimate of drug-likeness (QED) is 0.614. The number of aryl methyl sites for hydroxylation is 1. The maximum atomic E-state index is 12.3. The molecule has 0 amide bonds. The highest BCUT2D eigenvalue weighted by Gasteiger charge is 2.41. The number of esters is 1. The summed E-state index contributed by atoms with van der Waals surface area (Å²) in [4.78, 5) is 17.5. The summed E-state index contributed by atoms with van der Waals surface area (Å²) in [6, 6.07) is 8.40. The van der Waals surface area contributed by atoms with Crippen molar-refractivity contribution in [1.82, 2.24) is 4.98 Å². The summed E-state index contributed by atoms with van der Waals surface area (Å²) in [5, 5.41) is 7.76. The number of rotatable bonds is 6. The van der Waals surface area contributed by atoms with Crippen molar-refractivity contribution in [2.75, 3.05) is 18.2 Å². The van der Waals surface area contributed by atoms with Gasteiger partial charge < -0.3 is 9.47 Å². The molecule has 1 aliphatic heterocycles. The summed E-state index contributed by atoms with van der Waals surface area (Å²) in [5.74, 6) is 0.952. The molecule has 1 saturated carbocycles. The molecule has 2 atom stereocenters. The van der Waals surface area contributed by atoms with Crippen LogP contribution >= 0.6 is 11.3 Å². The second-order valence-electron chi connectivity index (χ2n) is 7.37. The molecule has 0 saturated heterocycles. The van der Waals surface area contributed by atoms with Crippen LogP contribution < -0.4 is 9.75 Å². The standard InChI is InChI=1S/C22H27N3O3S/c1-4-27-16-12-10-15(11-13-16)19-17-8-6-7-9-18(17)24-25(19)22-23-14(3)20(29-22)21(26)28-5-2/h10-13,17,19H,4-9H2,1-3H3/t17-,19-/m0/s1. The Labute approximate surface area is 175 Å². The van der Waals surface area contributed by atoms with Gasteiger partial charge in [0.25, 0.3) is 0 Å². The molecular formula is C22H27N3O3S. The zero-order chi connectivity index (χ0) is 20.4. The number of carbonyl (C=O) groups excluding carboxylic acids is 1. The van der Waals surface area contributed by atoms with Crippen LogP contribution in [-0.2, 0) is 4.74 Å². The second kappa shape index (κ2) is 8.53. The summed E-state index contributed by atoms with van der Waals surface area (Å²) in [5.41, 5.74) is 3.15. The normalized spacial score (nSPS) is 20.9. The summed E-state index contributed by atoms with van der Waals surface area (Å²) < 4.78 is 10.8. The number of hydrogen-bond acceptors (Lipinski definition) is 7. The van der Waals surface area contributed by atoms with E-state index in [0.717, 1.165) is 23.7 Å². The lowest BCUT2D eigenvalue weighted by Crippen LogP contribution is -2.27. The Morgan fingerprint density at radius 2 is 2.00 bits per heavy atom. The van der Waals surface area contributed by atoms with E-state index in [0.29, 0.717) is 29.7 Å². The summed E-state index contributed by atoms with van der Waals surface area (Å²) >= 11 is 1.37. The second-order valence-corrected chi connectivity index (χ2v) is 8.34. The first-order valence-corrected chi connectivity index (χ1v) is 11.2. The van der Waals surface area contributed by atoms with E-state index >= 15 is 0 Å². The Bertz CT molecular complexity index is 907. The Balaban J connectivity index is 1.69. The van der Waals surface area contributed by atoms with Crippen molar-refractivity contribution in [3.8, 4) is 5.75 Å². The van der Waals surface area contributed by atoms with Crippen LogP contribution in [0.4, 0.5) is 5.13 Å². The van der Waals surface area contributed by atoms with Crippen LogP contribution in [0.3, 0.4) is 0 Å². The fourth-order valence-corrected chi connectivity index (χ4v) is 5.14. The first kappa shape index (κ1) is 19.9. The number of carbonyl (C=O) groups is 1. The van der Waals surface area contributed by atoms with Crippen molar-refractivity contribution < 1.29 is 14.3 Å².